The van der Waals surface area contributed by atoms with E-state index in [2.05, 4.69) is 6.58 Å². The summed E-state index contributed by atoms with van der Waals surface area (Å²) < 4.78 is 6.13. The van der Waals surface area contributed by atoms with Gasteiger partial charge in [-0.15, -0.1) is 0 Å². The van der Waals surface area contributed by atoms with Crippen molar-refractivity contribution in [3.8, 4) is 5.75 Å². The number of fused-ring (bicyclic) bond motifs is 4. The first-order chi connectivity index (χ1) is 24.9. The van der Waals surface area contributed by atoms with Crippen molar-refractivity contribution in [1.82, 2.24) is 0 Å². The van der Waals surface area contributed by atoms with Crippen molar-refractivity contribution in [2.75, 3.05) is 18.1 Å². The number of anilines is 1. The van der Waals surface area contributed by atoms with Gasteiger partial charge in [-0.1, -0.05) is 115 Å². The number of aliphatic hydroxyl groups is 1. The summed E-state index contributed by atoms with van der Waals surface area (Å²) in [6, 6.07) is 33.3. The minimum atomic E-state index is -1.36. The van der Waals surface area contributed by atoms with Crippen LogP contribution in [0, 0.1) is 23.7 Å². The summed E-state index contributed by atoms with van der Waals surface area (Å²) >= 11 is 0. The number of ketones is 2. The van der Waals surface area contributed by atoms with E-state index in [1.54, 1.807) is 18.2 Å². The van der Waals surface area contributed by atoms with E-state index in [9.17, 15) is 14.7 Å². The lowest BCUT2D eigenvalue weighted by atomic mass is 9.44. The number of hydrogen-bond donors (Lipinski definition) is 1. The molecule has 51 heavy (non-hydrogen) atoms. The van der Waals surface area contributed by atoms with Gasteiger partial charge in [-0.25, -0.2) is 0 Å². The summed E-state index contributed by atoms with van der Waals surface area (Å²) in [7, 11) is 0. The van der Waals surface area contributed by atoms with Gasteiger partial charge in [0.2, 0.25) is 11.8 Å². The number of rotatable bonds is 8. The molecule has 8 rings (SSSR count). The number of nitrogens with zero attached hydrogens (tertiary/aromatic N) is 1. The lowest BCUT2D eigenvalue weighted by Gasteiger charge is -2.55. The number of ether oxygens (including phenoxy) is 1. The highest BCUT2D eigenvalue weighted by Crippen LogP contribution is 2.64. The minimum Gasteiger partial charge on any atom is -0.491 e. The number of hydrogen-bond acceptors (Lipinski definition) is 6. The number of allylic oxidation sites excluding steroid dienone is 4. The van der Waals surface area contributed by atoms with Crippen molar-refractivity contribution in [1.29, 1.82) is 0 Å². The zero-order chi connectivity index (χ0) is 35.3. The van der Waals surface area contributed by atoms with E-state index in [-0.39, 0.29) is 43.0 Å². The van der Waals surface area contributed by atoms with Gasteiger partial charge in [0.25, 0.3) is 0 Å². The normalized spacial score (nSPS) is 26.8. The van der Waals surface area contributed by atoms with Gasteiger partial charge >= 0.3 is 0 Å². The highest BCUT2D eigenvalue weighted by molar-refractivity contribution is 6.32. The number of carbonyl (C=O) groups is 4. The van der Waals surface area contributed by atoms with Crippen LogP contribution in [0.3, 0.4) is 0 Å². The number of aliphatic hydroxyl groups excluding tert-OH is 1. The van der Waals surface area contributed by atoms with Gasteiger partial charge in [-0.05, 0) is 59.7 Å². The lowest BCUT2D eigenvalue weighted by molar-refractivity contribution is -0.135. The molecule has 1 saturated heterocycles. The summed E-state index contributed by atoms with van der Waals surface area (Å²) in [4.78, 5) is 60.3. The monoisotopic (exact) mass is 675 g/mol. The average molecular weight is 676 g/mol. The van der Waals surface area contributed by atoms with E-state index in [0.29, 0.717) is 40.1 Å². The third-order valence-corrected chi connectivity index (χ3v) is 11.3. The van der Waals surface area contributed by atoms with Crippen LogP contribution in [-0.2, 0) is 24.6 Å². The zero-order valence-corrected chi connectivity index (χ0v) is 28.0. The highest BCUT2D eigenvalue weighted by atomic mass is 16.5. The lowest BCUT2D eigenvalue weighted by Crippen LogP contribution is -2.58. The fraction of sp³-hybridized carbons (Fsp3) is 0.227. The third kappa shape index (κ3) is 4.98. The molecule has 1 saturated carbocycles. The average Bonchev–Trinajstić information content (AvgIpc) is 3.44. The third-order valence-electron chi connectivity index (χ3n) is 11.3. The van der Waals surface area contributed by atoms with Crippen molar-refractivity contribution in [2.45, 2.75) is 24.2 Å². The van der Waals surface area contributed by atoms with Gasteiger partial charge in [0.05, 0.1) is 29.5 Å². The van der Waals surface area contributed by atoms with Crippen LogP contribution >= 0.6 is 0 Å². The first kappa shape index (κ1) is 32.5. The van der Waals surface area contributed by atoms with E-state index in [1.165, 1.54) is 11.0 Å². The molecule has 4 aromatic rings. The molecule has 254 valence electrons. The molecule has 7 heteroatoms. The largest absolute Gasteiger partial charge is 0.491 e. The molecule has 4 aliphatic rings. The van der Waals surface area contributed by atoms with E-state index in [0.717, 1.165) is 11.1 Å². The maximum absolute atomic E-state index is 15.2. The van der Waals surface area contributed by atoms with Gasteiger partial charge in [0.15, 0.2) is 11.6 Å². The van der Waals surface area contributed by atoms with Crippen LogP contribution in [0.5, 0.6) is 5.75 Å². The zero-order valence-electron chi connectivity index (χ0n) is 28.0. The maximum Gasteiger partial charge on any atom is 0.238 e. The molecule has 2 fully saturated rings. The number of Topliss-reactive ketones (excluding diaryl/α,β-unsaturated/α-hetero) is 1. The highest BCUT2D eigenvalue weighted by Gasteiger charge is 2.66. The number of benzene rings is 4. The molecular formula is C44H37NO6. The predicted octanol–water partition coefficient (Wildman–Crippen LogP) is 6.73. The van der Waals surface area contributed by atoms with Crippen LogP contribution in [0.2, 0.25) is 0 Å². The predicted molar refractivity (Wildman–Crippen MR) is 195 cm³/mol. The molecule has 7 nitrogen and oxygen atoms in total. The van der Waals surface area contributed by atoms with Gasteiger partial charge in [0, 0.05) is 23.0 Å². The van der Waals surface area contributed by atoms with Gasteiger partial charge in [-0.2, -0.15) is 0 Å². The van der Waals surface area contributed by atoms with E-state index >= 15 is 9.59 Å². The Balaban J connectivity index is 1.35. The molecule has 0 bridgehead atoms. The van der Waals surface area contributed by atoms with Gasteiger partial charge < -0.3 is 9.84 Å². The Morgan fingerprint density at radius 2 is 1.51 bits per heavy atom. The molecule has 1 heterocycles. The molecule has 4 aromatic carbocycles. The summed E-state index contributed by atoms with van der Waals surface area (Å²) in [6.07, 6.45) is 5.80. The fourth-order valence-corrected chi connectivity index (χ4v) is 9.24. The molecular weight excluding hydrogens is 638 g/mol. The van der Waals surface area contributed by atoms with E-state index < -0.39 is 35.0 Å². The summed E-state index contributed by atoms with van der Waals surface area (Å²) in [5.74, 6) is -3.80. The molecule has 0 spiro atoms. The van der Waals surface area contributed by atoms with Crippen LogP contribution in [0.4, 0.5) is 5.69 Å². The Morgan fingerprint density at radius 1 is 0.824 bits per heavy atom. The van der Waals surface area contributed by atoms with Crippen molar-refractivity contribution in [2.24, 2.45) is 23.7 Å². The quantitative estimate of drug-likeness (QED) is 0.164. The molecule has 1 aliphatic heterocycles. The van der Waals surface area contributed by atoms with Crippen molar-refractivity contribution in [3.63, 3.8) is 0 Å². The Morgan fingerprint density at radius 3 is 2.22 bits per heavy atom. The van der Waals surface area contributed by atoms with E-state index in [1.807, 2.05) is 103 Å². The second kappa shape index (κ2) is 12.9. The Labute approximate surface area is 296 Å². The maximum atomic E-state index is 15.2. The number of amides is 2. The molecule has 0 radical (unpaired) electrons. The van der Waals surface area contributed by atoms with Crippen LogP contribution in [0.15, 0.2) is 133 Å². The Bertz CT molecular complexity index is 2120. The molecule has 3 aliphatic carbocycles. The Kier molecular flexibility index (Phi) is 8.23. The molecule has 6 atom stereocenters. The molecule has 2 amide bonds. The van der Waals surface area contributed by atoms with E-state index in [4.69, 9.17) is 4.74 Å². The second-order valence-corrected chi connectivity index (χ2v) is 13.7. The van der Waals surface area contributed by atoms with Crippen molar-refractivity contribution < 1.29 is 29.0 Å². The van der Waals surface area contributed by atoms with Crippen LogP contribution in [-0.4, -0.2) is 41.7 Å². The SMILES string of the molecule is C=Cc1ccc(N2C(=O)[C@H]3[C@H](CC=C4[C@H]3C[C@H]3C(=O)C(c5ccccc5)=CC(=O)[C@@]3(c3ccccc3)[C@H]4c3ccccc3OCCO)C2=O)cc1. The van der Waals surface area contributed by atoms with Gasteiger partial charge in [0.1, 0.15) is 12.4 Å². The molecule has 1 N–H and O–H groups in total. The first-order valence-electron chi connectivity index (χ1n) is 17.4. The topological polar surface area (TPSA) is 101 Å². The summed E-state index contributed by atoms with van der Waals surface area (Å²) in [5, 5.41) is 9.73. The first-order valence-corrected chi connectivity index (χ1v) is 17.4. The summed E-state index contributed by atoms with van der Waals surface area (Å²) in [5.41, 5.74) is 3.27. The molecule has 0 unspecified atom stereocenters. The van der Waals surface area contributed by atoms with Crippen LogP contribution in [0.1, 0.15) is 41.0 Å². The smallest absolute Gasteiger partial charge is 0.238 e. The van der Waals surface area contributed by atoms with Crippen LogP contribution < -0.4 is 9.64 Å². The van der Waals surface area contributed by atoms with Crippen LogP contribution in [0.25, 0.3) is 11.6 Å². The number of carbonyl (C=O) groups excluding carboxylic acids is 4. The fourth-order valence-electron chi connectivity index (χ4n) is 9.24. The molecule has 0 aromatic heterocycles. The minimum absolute atomic E-state index is 0.0379. The van der Waals surface area contributed by atoms with Crippen molar-refractivity contribution >= 4 is 40.7 Å². The Hall–Kier alpha value is -5.66. The van der Waals surface area contributed by atoms with Gasteiger partial charge in [-0.3, -0.25) is 24.1 Å². The van der Waals surface area contributed by atoms with Crippen molar-refractivity contribution in [3.05, 3.63) is 156 Å². The standard InChI is InChI=1S/C44H37NO6/c1-2-27-17-19-30(20-18-27)45-42(49)33-22-21-31-35(39(33)43(45)50)25-36-41(48)34(28-11-5-3-6-12-28)26-38(47)44(36,29-13-7-4-8-14-29)40(31)32-15-9-10-16-37(32)51-24-23-46/h2-21,26,33,35-36,39-40,46H,1,22-25H2/t33-,35+,36-,39-,40+,44-/m0/s1. The second-order valence-electron chi connectivity index (χ2n) is 13.7. The number of para-hydroxylation sites is 1. The summed E-state index contributed by atoms with van der Waals surface area (Å²) in [6.45, 7) is 3.64. The number of imide groups is 1.